The lowest BCUT2D eigenvalue weighted by Crippen LogP contribution is -2.49. The Kier molecular flexibility index (Phi) is 9.55. The Labute approximate surface area is 179 Å². The van der Waals surface area contributed by atoms with Crippen LogP contribution in [0, 0.1) is 5.92 Å². The van der Waals surface area contributed by atoms with E-state index in [1.807, 2.05) is 34.6 Å². The summed E-state index contributed by atoms with van der Waals surface area (Å²) in [5.74, 6) is 2.28. The maximum atomic E-state index is 12.1. The summed E-state index contributed by atoms with van der Waals surface area (Å²) in [6.07, 6.45) is -0.449. The highest BCUT2D eigenvalue weighted by molar-refractivity contribution is 5.94. The summed E-state index contributed by atoms with van der Waals surface area (Å²) >= 11 is 0. The number of carbonyl (C=O) groups excluding carboxylic acids is 1. The molecule has 1 aromatic carbocycles. The molecule has 30 heavy (non-hydrogen) atoms. The molecule has 1 amide bonds. The molecule has 0 aromatic heterocycles. The molecule has 9 heteroatoms. The first-order valence-corrected chi connectivity index (χ1v) is 9.81. The van der Waals surface area contributed by atoms with Gasteiger partial charge < -0.3 is 34.9 Å². The number of methoxy groups -OCH3 is 3. The number of hydrogen-bond acceptors (Lipinski definition) is 6. The van der Waals surface area contributed by atoms with Crippen molar-refractivity contribution in [1.82, 2.24) is 10.6 Å². The molecule has 1 unspecified atom stereocenters. The molecule has 170 valence electrons. The van der Waals surface area contributed by atoms with Crippen molar-refractivity contribution in [3.05, 3.63) is 12.1 Å². The van der Waals surface area contributed by atoms with Gasteiger partial charge in [-0.15, -0.1) is 0 Å². The van der Waals surface area contributed by atoms with E-state index < -0.39 is 11.7 Å². The SMILES string of the molecule is CN=C(NCC(NC(=O)OC(C)(C)C)C(C)C)Nc1cc(OC)c(OC)c(OC)c1. The Balaban J connectivity index is 2.85. The normalized spacial score (nSPS) is 12.8. The number of amides is 1. The quantitative estimate of drug-likeness (QED) is 0.435. The molecule has 0 saturated heterocycles. The third-order valence-electron chi connectivity index (χ3n) is 4.15. The van der Waals surface area contributed by atoms with Gasteiger partial charge >= 0.3 is 6.09 Å². The number of carbonyl (C=O) groups is 1. The second-order valence-electron chi connectivity index (χ2n) is 7.99. The average molecular weight is 425 g/mol. The van der Waals surface area contributed by atoms with Crippen LogP contribution in [0.2, 0.25) is 0 Å². The number of anilines is 1. The molecule has 0 aliphatic rings. The summed E-state index contributed by atoms with van der Waals surface area (Å²) in [4.78, 5) is 16.4. The lowest BCUT2D eigenvalue weighted by molar-refractivity contribution is 0.0491. The highest BCUT2D eigenvalue weighted by atomic mass is 16.6. The molecule has 0 bridgehead atoms. The first kappa shape index (κ1) is 25.2. The van der Waals surface area contributed by atoms with Gasteiger partial charge in [0.25, 0.3) is 0 Å². The molecular weight excluding hydrogens is 388 g/mol. The molecule has 0 saturated carbocycles. The third kappa shape index (κ3) is 7.88. The summed E-state index contributed by atoms with van der Waals surface area (Å²) in [7, 11) is 6.34. The molecule has 3 N–H and O–H groups in total. The van der Waals surface area contributed by atoms with Crippen molar-refractivity contribution >= 4 is 17.7 Å². The first-order chi connectivity index (χ1) is 14.0. The van der Waals surface area contributed by atoms with Gasteiger partial charge in [0, 0.05) is 31.4 Å². The molecule has 1 rings (SSSR count). The van der Waals surface area contributed by atoms with Gasteiger partial charge in [0.15, 0.2) is 17.5 Å². The molecule has 1 aromatic rings. The van der Waals surface area contributed by atoms with Gasteiger partial charge in [0.05, 0.1) is 27.4 Å². The summed E-state index contributed by atoms with van der Waals surface area (Å²) in [5.41, 5.74) is 0.155. The highest BCUT2D eigenvalue weighted by Gasteiger charge is 2.22. The minimum Gasteiger partial charge on any atom is -0.493 e. The van der Waals surface area contributed by atoms with Crippen LogP contribution in [0.4, 0.5) is 10.5 Å². The summed E-state index contributed by atoms with van der Waals surface area (Å²) in [6, 6.07) is 3.42. The predicted octanol–water partition coefficient (Wildman–Crippen LogP) is 3.25. The van der Waals surface area contributed by atoms with E-state index >= 15 is 0 Å². The van der Waals surface area contributed by atoms with Crippen LogP contribution >= 0.6 is 0 Å². The number of benzene rings is 1. The van der Waals surface area contributed by atoms with E-state index in [4.69, 9.17) is 18.9 Å². The van der Waals surface area contributed by atoms with E-state index in [-0.39, 0.29) is 12.0 Å². The molecule has 0 aliphatic heterocycles. The molecule has 0 heterocycles. The van der Waals surface area contributed by atoms with E-state index in [1.54, 1.807) is 40.5 Å². The van der Waals surface area contributed by atoms with Gasteiger partial charge in [-0.25, -0.2) is 4.79 Å². The number of nitrogens with zero attached hydrogens (tertiary/aromatic N) is 1. The van der Waals surface area contributed by atoms with Crippen LogP contribution in [0.25, 0.3) is 0 Å². The zero-order valence-corrected chi connectivity index (χ0v) is 19.5. The standard InChI is InChI=1S/C21H36N4O5/c1-13(2)15(25-20(26)30-21(3,4)5)12-23-19(22-6)24-14-10-16(27-7)18(29-9)17(11-14)28-8/h10-11,13,15H,12H2,1-9H3,(H,25,26)(H2,22,23,24). The van der Waals surface area contributed by atoms with Gasteiger partial charge in [-0.3, -0.25) is 4.99 Å². The van der Waals surface area contributed by atoms with E-state index in [1.165, 1.54) is 0 Å². The molecule has 1 atom stereocenters. The Bertz CT molecular complexity index is 704. The van der Waals surface area contributed by atoms with Crippen molar-refractivity contribution in [3.63, 3.8) is 0 Å². The molecule has 0 aliphatic carbocycles. The maximum absolute atomic E-state index is 12.1. The second kappa shape index (κ2) is 11.4. The van der Waals surface area contributed by atoms with E-state index in [9.17, 15) is 4.79 Å². The number of alkyl carbamates (subject to hydrolysis) is 1. The third-order valence-corrected chi connectivity index (χ3v) is 4.15. The molecule has 0 spiro atoms. The summed E-state index contributed by atoms with van der Waals surface area (Å²) < 4.78 is 21.5. The van der Waals surface area contributed by atoms with Crippen molar-refractivity contribution < 1.29 is 23.7 Å². The van der Waals surface area contributed by atoms with Gasteiger partial charge in [-0.2, -0.15) is 0 Å². The summed E-state index contributed by atoms with van der Waals surface area (Å²) in [6.45, 7) is 10.0. The minimum absolute atomic E-state index is 0.154. The van der Waals surface area contributed by atoms with Crippen molar-refractivity contribution in [1.29, 1.82) is 0 Å². The fraction of sp³-hybridized carbons (Fsp3) is 0.619. The Morgan fingerprint density at radius 1 is 1.07 bits per heavy atom. The lowest BCUT2D eigenvalue weighted by atomic mass is 10.0. The van der Waals surface area contributed by atoms with Crippen molar-refractivity contribution in [2.45, 2.75) is 46.3 Å². The minimum atomic E-state index is -0.552. The largest absolute Gasteiger partial charge is 0.493 e. The molecular formula is C21H36N4O5. The van der Waals surface area contributed by atoms with E-state index in [2.05, 4.69) is 20.9 Å². The Morgan fingerprint density at radius 3 is 2.03 bits per heavy atom. The second-order valence-corrected chi connectivity index (χ2v) is 7.99. The number of aliphatic imine (C=N–C) groups is 1. The zero-order chi connectivity index (χ0) is 22.9. The lowest BCUT2D eigenvalue weighted by Gasteiger charge is -2.26. The number of ether oxygens (including phenoxy) is 4. The fourth-order valence-corrected chi connectivity index (χ4v) is 2.59. The molecule has 9 nitrogen and oxygen atoms in total. The molecule has 0 radical (unpaired) electrons. The predicted molar refractivity (Wildman–Crippen MR) is 119 cm³/mol. The summed E-state index contributed by atoms with van der Waals surface area (Å²) in [5, 5.41) is 9.33. The smallest absolute Gasteiger partial charge is 0.407 e. The topological polar surface area (TPSA) is 102 Å². The van der Waals surface area contributed by atoms with Crippen molar-refractivity contribution in [2.75, 3.05) is 40.2 Å². The van der Waals surface area contributed by atoms with Crippen molar-refractivity contribution in [3.8, 4) is 17.2 Å². The van der Waals surface area contributed by atoms with Crippen LogP contribution in [-0.4, -0.2) is 58.6 Å². The van der Waals surface area contributed by atoms with E-state index in [0.717, 1.165) is 0 Å². The van der Waals surface area contributed by atoms with Gasteiger partial charge in [0.2, 0.25) is 5.75 Å². The number of nitrogens with one attached hydrogen (secondary N) is 3. The number of hydrogen-bond donors (Lipinski definition) is 3. The van der Waals surface area contributed by atoms with E-state index in [0.29, 0.717) is 35.4 Å². The molecule has 0 fully saturated rings. The average Bonchev–Trinajstić information content (AvgIpc) is 2.67. The van der Waals surface area contributed by atoms with Gasteiger partial charge in [-0.1, -0.05) is 13.8 Å². The van der Waals surface area contributed by atoms with Crippen molar-refractivity contribution in [2.24, 2.45) is 10.9 Å². The Morgan fingerprint density at radius 2 is 1.63 bits per heavy atom. The zero-order valence-electron chi connectivity index (χ0n) is 19.5. The highest BCUT2D eigenvalue weighted by Crippen LogP contribution is 2.39. The van der Waals surface area contributed by atoms with Crippen LogP contribution in [-0.2, 0) is 4.74 Å². The van der Waals surface area contributed by atoms with Crippen LogP contribution in [0.5, 0.6) is 17.2 Å². The maximum Gasteiger partial charge on any atom is 0.407 e. The van der Waals surface area contributed by atoms with Gasteiger partial charge in [0.1, 0.15) is 5.60 Å². The van der Waals surface area contributed by atoms with Crippen LogP contribution < -0.4 is 30.2 Å². The number of guanidine groups is 1. The monoisotopic (exact) mass is 424 g/mol. The van der Waals surface area contributed by atoms with Crippen LogP contribution in [0.15, 0.2) is 17.1 Å². The Hall–Kier alpha value is -2.84. The fourth-order valence-electron chi connectivity index (χ4n) is 2.59. The van der Waals surface area contributed by atoms with Gasteiger partial charge in [-0.05, 0) is 26.7 Å². The van der Waals surface area contributed by atoms with Crippen LogP contribution in [0.3, 0.4) is 0 Å². The first-order valence-electron chi connectivity index (χ1n) is 9.81. The number of rotatable bonds is 8. The van der Waals surface area contributed by atoms with Crippen LogP contribution in [0.1, 0.15) is 34.6 Å².